The largest absolute Gasteiger partial charge is 0.550 e. The number of carboxylic acids is 1. The van der Waals surface area contributed by atoms with Crippen molar-refractivity contribution >= 4 is 41.0 Å². The van der Waals surface area contributed by atoms with Gasteiger partial charge in [0.2, 0.25) is 17.7 Å². The number of nitro benzene ring substituents is 1. The zero-order valence-corrected chi connectivity index (χ0v) is 24.2. The van der Waals surface area contributed by atoms with E-state index in [4.69, 9.17) is 0 Å². The lowest BCUT2D eigenvalue weighted by Gasteiger charge is -2.30. The van der Waals surface area contributed by atoms with E-state index in [1.54, 1.807) is 0 Å². The predicted octanol–water partition coefficient (Wildman–Crippen LogP) is -1.64. The van der Waals surface area contributed by atoms with E-state index in [2.05, 4.69) is 16.0 Å². The number of carboxylic acid groups (broad SMARTS) is 1. The molecule has 1 fully saturated rings. The summed E-state index contributed by atoms with van der Waals surface area (Å²) < 4.78 is 0. The summed E-state index contributed by atoms with van der Waals surface area (Å²) in [7, 11) is 0. The topological polar surface area (TPSA) is 228 Å². The highest BCUT2D eigenvalue weighted by atomic mass is 16.6. The maximum Gasteiger partial charge on any atom is 0.278 e. The first-order valence-electron chi connectivity index (χ1n) is 13.9. The number of anilines is 1. The fourth-order valence-electron chi connectivity index (χ4n) is 4.57. The Morgan fingerprint density at radius 3 is 2.29 bits per heavy atom. The van der Waals surface area contributed by atoms with E-state index in [1.165, 1.54) is 48.3 Å². The minimum atomic E-state index is -1.31. The minimum absolute atomic E-state index is 0.0187. The van der Waals surface area contributed by atoms with Crippen molar-refractivity contribution < 1.29 is 44.4 Å². The Morgan fingerprint density at radius 2 is 1.71 bits per heavy atom. The Bertz CT molecular complexity index is 1140. The molecule has 4 amide bonds. The Kier molecular flexibility index (Phi) is 12.8. The highest BCUT2D eigenvalue weighted by Crippen LogP contribution is 2.21. The molecule has 0 radical (unpaired) electrons. The van der Waals surface area contributed by atoms with Gasteiger partial charge in [0.05, 0.1) is 4.92 Å². The van der Waals surface area contributed by atoms with Gasteiger partial charge in [-0.3, -0.25) is 29.3 Å². The van der Waals surface area contributed by atoms with Gasteiger partial charge in [0, 0.05) is 36.8 Å². The van der Waals surface area contributed by atoms with Crippen molar-refractivity contribution in [1.29, 1.82) is 0 Å². The molecule has 2 rings (SSSR count). The normalized spacial score (nSPS) is 17.6. The smallest absolute Gasteiger partial charge is 0.278 e. The number of likely N-dealkylation sites (tertiary alicyclic amines) is 1. The summed E-state index contributed by atoms with van der Waals surface area (Å²) in [6, 6.07) is 1.64. The lowest BCUT2D eigenvalue weighted by molar-refractivity contribution is -0.740. The second kappa shape index (κ2) is 15.8. The molecule has 15 nitrogen and oxygen atoms in total. The average molecular weight is 593 g/mol. The standard InChI is InChI=1S/C27H40N6O9/c1-15(2)14-20(31-25(38)16(3)28-22(34)11-12-23(35)36)27(40)32-13-5-6-21(32)26(39)29-17(4)24(37)30-18-7-9-19(10-8-18)33(41)42/h7-10,15-17,20-22,28,34H,5-6,11-14H2,1-4H3,(H,29,39)(H,30,37)(H,31,38)(H,35,36)/t16-,17-,20-,21-,22-/m0/s1. The van der Waals surface area contributed by atoms with Gasteiger partial charge >= 0.3 is 0 Å². The third kappa shape index (κ3) is 10.4. The van der Waals surface area contributed by atoms with E-state index in [0.29, 0.717) is 24.9 Å². The number of rotatable bonds is 15. The molecule has 1 aliphatic rings. The van der Waals surface area contributed by atoms with Crippen LogP contribution in [0.15, 0.2) is 24.3 Å². The van der Waals surface area contributed by atoms with Crippen LogP contribution in [0.2, 0.25) is 0 Å². The van der Waals surface area contributed by atoms with E-state index in [1.807, 2.05) is 13.8 Å². The van der Waals surface area contributed by atoms with Crippen LogP contribution >= 0.6 is 0 Å². The van der Waals surface area contributed by atoms with E-state index >= 15 is 0 Å². The van der Waals surface area contributed by atoms with Crippen LogP contribution in [0.5, 0.6) is 0 Å². The summed E-state index contributed by atoms with van der Waals surface area (Å²) in [5.41, 5.74) is 0.181. The van der Waals surface area contributed by atoms with Crippen LogP contribution in [0.4, 0.5) is 11.4 Å². The summed E-state index contributed by atoms with van der Waals surface area (Å²) in [6.45, 7) is 7.04. The van der Waals surface area contributed by atoms with Crippen LogP contribution < -0.4 is 26.4 Å². The molecule has 1 heterocycles. The number of hydrogen-bond donors (Lipinski definition) is 5. The zero-order valence-electron chi connectivity index (χ0n) is 24.2. The van der Waals surface area contributed by atoms with Gasteiger partial charge in [-0.1, -0.05) is 13.8 Å². The fourth-order valence-corrected chi connectivity index (χ4v) is 4.57. The molecule has 0 aromatic heterocycles. The second-order valence-corrected chi connectivity index (χ2v) is 10.9. The first-order valence-corrected chi connectivity index (χ1v) is 13.9. The number of aliphatic carboxylic acids is 1. The van der Waals surface area contributed by atoms with Crippen molar-refractivity contribution in [2.45, 2.75) is 90.2 Å². The molecule has 42 heavy (non-hydrogen) atoms. The van der Waals surface area contributed by atoms with Gasteiger partial charge < -0.3 is 41.2 Å². The first kappa shape index (κ1) is 34.1. The predicted molar refractivity (Wildman–Crippen MR) is 147 cm³/mol. The van der Waals surface area contributed by atoms with Gasteiger partial charge in [0.25, 0.3) is 11.6 Å². The third-order valence-corrected chi connectivity index (χ3v) is 6.83. The molecule has 1 aromatic rings. The number of nitro groups is 1. The number of amides is 4. The SMILES string of the molecule is CC(C)C[C@H](NC(=O)[C@H](C)[NH2+][C@@H](O)CCC(=O)[O-])C(=O)N1CCC[C@H]1C(=O)N[C@@H](C)C(=O)Nc1ccc([N+](=O)[O-])cc1. The van der Waals surface area contributed by atoms with Gasteiger partial charge in [-0.05, 0) is 57.6 Å². The highest BCUT2D eigenvalue weighted by molar-refractivity contribution is 5.99. The second-order valence-electron chi connectivity index (χ2n) is 10.9. The number of aliphatic hydroxyl groups is 1. The third-order valence-electron chi connectivity index (χ3n) is 6.83. The number of benzene rings is 1. The maximum atomic E-state index is 13.6. The van der Waals surface area contributed by atoms with E-state index in [-0.39, 0.29) is 31.0 Å². The summed E-state index contributed by atoms with van der Waals surface area (Å²) in [6.07, 6.45) is -0.410. The van der Waals surface area contributed by atoms with Crippen molar-refractivity contribution in [3.8, 4) is 0 Å². The van der Waals surface area contributed by atoms with Crippen LogP contribution in [-0.2, 0) is 24.0 Å². The molecular weight excluding hydrogens is 552 g/mol. The summed E-state index contributed by atoms with van der Waals surface area (Å²) in [4.78, 5) is 74.4. The van der Waals surface area contributed by atoms with Crippen molar-refractivity contribution in [2.24, 2.45) is 5.92 Å². The zero-order chi connectivity index (χ0) is 31.6. The van der Waals surface area contributed by atoms with Crippen molar-refractivity contribution in [2.75, 3.05) is 11.9 Å². The summed E-state index contributed by atoms with van der Waals surface area (Å²) in [5.74, 6) is -3.35. The maximum absolute atomic E-state index is 13.6. The molecule has 1 aliphatic heterocycles. The number of non-ortho nitro benzene ring substituents is 1. The van der Waals surface area contributed by atoms with Crippen molar-refractivity contribution in [3.63, 3.8) is 0 Å². The van der Waals surface area contributed by atoms with E-state index < -0.39 is 64.9 Å². The number of carbonyl (C=O) groups is 5. The summed E-state index contributed by atoms with van der Waals surface area (Å²) >= 11 is 0. The molecule has 0 unspecified atom stereocenters. The Balaban J connectivity index is 2.02. The fraction of sp³-hybridized carbons (Fsp3) is 0.593. The minimum Gasteiger partial charge on any atom is -0.550 e. The quantitative estimate of drug-likeness (QED) is 0.0892. The molecule has 0 bridgehead atoms. The first-order chi connectivity index (χ1) is 19.7. The van der Waals surface area contributed by atoms with Gasteiger partial charge in [0.15, 0.2) is 12.3 Å². The molecule has 232 valence electrons. The van der Waals surface area contributed by atoms with Gasteiger partial charge in [-0.2, -0.15) is 0 Å². The van der Waals surface area contributed by atoms with Crippen LogP contribution in [-0.4, -0.2) is 81.5 Å². The Labute approximate surface area is 243 Å². The molecule has 1 aromatic carbocycles. The average Bonchev–Trinajstić information content (AvgIpc) is 3.41. The molecule has 5 atom stereocenters. The Hall–Kier alpha value is -4.11. The summed E-state index contributed by atoms with van der Waals surface area (Å²) in [5, 5.41) is 40.6. The molecule has 0 saturated carbocycles. The number of nitrogens with one attached hydrogen (secondary N) is 3. The number of nitrogens with zero attached hydrogens (tertiary/aromatic N) is 2. The van der Waals surface area contributed by atoms with Crippen LogP contribution in [0.1, 0.15) is 59.8 Å². The van der Waals surface area contributed by atoms with Crippen LogP contribution in [0, 0.1) is 16.0 Å². The number of nitrogens with two attached hydrogens (primary N) is 1. The van der Waals surface area contributed by atoms with Gasteiger partial charge in [-0.15, -0.1) is 0 Å². The molecular formula is C27H40N6O9. The number of hydrogen-bond acceptors (Lipinski definition) is 9. The number of quaternary nitrogens is 1. The number of aliphatic hydroxyl groups excluding tert-OH is 1. The monoisotopic (exact) mass is 592 g/mol. The Morgan fingerprint density at radius 1 is 1.07 bits per heavy atom. The number of carbonyl (C=O) groups excluding carboxylic acids is 5. The molecule has 1 saturated heterocycles. The van der Waals surface area contributed by atoms with E-state index in [9.17, 15) is 44.3 Å². The van der Waals surface area contributed by atoms with Crippen molar-refractivity contribution in [3.05, 3.63) is 34.4 Å². The van der Waals surface area contributed by atoms with Crippen LogP contribution in [0.3, 0.4) is 0 Å². The van der Waals surface area contributed by atoms with E-state index in [0.717, 1.165) is 0 Å². The lowest BCUT2D eigenvalue weighted by atomic mass is 10.0. The molecule has 0 spiro atoms. The van der Waals surface area contributed by atoms with Gasteiger partial charge in [0.1, 0.15) is 18.1 Å². The molecule has 6 N–H and O–H groups in total. The highest BCUT2D eigenvalue weighted by Gasteiger charge is 2.39. The molecule has 0 aliphatic carbocycles. The molecule has 15 heteroatoms. The van der Waals surface area contributed by atoms with Crippen LogP contribution in [0.25, 0.3) is 0 Å². The van der Waals surface area contributed by atoms with Gasteiger partial charge in [-0.25, -0.2) is 0 Å². The van der Waals surface area contributed by atoms with Crippen molar-refractivity contribution in [1.82, 2.24) is 15.5 Å². The lowest BCUT2D eigenvalue weighted by Crippen LogP contribution is -2.96.